The van der Waals surface area contributed by atoms with Gasteiger partial charge in [0.05, 0.1) is 9.75 Å². The third-order valence-electron chi connectivity index (χ3n) is 3.41. The van der Waals surface area contributed by atoms with Crippen LogP contribution in [-0.4, -0.2) is 0 Å². The highest BCUT2D eigenvalue weighted by Gasteiger charge is 2.04. The van der Waals surface area contributed by atoms with Gasteiger partial charge in [-0.1, -0.05) is 60.1 Å². The highest BCUT2D eigenvalue weighted by Crippen LogP contribution is 2.32. The van der Waals surface area contributed by atoms with Gasteiger partial charge in [0.2, 0.25) is 0 Å². The summed E-state index contributed by atoms with van der Waals surface area (Å²) in [6.45, 7) is 0. The summed E-state index contributed by atoms with van der Waals surface area (Å²) >= 11 is 3.46. The lowest BCUT2D eigenvalue weighted by atomic mass is 10.2. The van der Waals surface area contributed by atoms with Crippen molar-refractivity contribution in [2.75, 3.05) is 0 Å². The van der Waals surface area contributed by atoms with Crippen LogP contribution in [-0.2, 0) is 0 Å². The molecule has 0 atom stereocenters. The zero-order chi connectivity index (χ0) is 16.2. The average molecular weight is 340 g/mol. The van der Waals surface area contributed by atoms with Gasteiger partial charge in [0.1, 0.15) is 0 Å². The Hall–Kier alpha value is -2.78. The lowest BCUT2D eigenvalue weighted by molar-refractivity contribution is 1.65. The van der Waals surface area contributed by atoms with Crippen LogP contribution in [0.5, 0.6) is 0 Å². The number of benzene rings is 2. The Morgan fingerprint density at radius 2 is 0.917 bits per heavy atom. The van der Waals surface area contributed by atoms with Crippen LogP contribution in [0, 0.1) is 23.7 Å². The Labute approximate surface area is 149 Å². The summed E-state index contributed by atoms with van der Waals surface area (Å²) in [5.41, 5.74) is 2.09. The zero-order valence-electron chi connectivity index (χ0n) is 12.7. The molecule has 0 N–H and O–H groups in total. The minimum Gasteiger partial charge on any atom is -0.126 e. The van der Waals surface area contributed by atoms with E-state index in [-0.39, 0.29) is 0 Å². The second-order valence-electron chi connectivity index (χ2n) is 5.18. The van der Waals surface area contributed by atoms with Crippen molar-refractivity contribution in [1.29, 1.82) is 0 Å². The SMILES string of the molecule is C(#Cc1cc2sc(C#Cc3ccccc3)cc2s1)c1ccccc1. The molecule has 0 aliphatic carbocycles. The van der Waals surface area contributed by atoms with Gasteiger partial charge in [-0.3, -0.25) is 0 Å². The second kappa shape index (κ2) is 6.77. The molecule has 0 spiro atoms. The lowest BCUT2D eigenvalue weighted by Crippen LogP contribution is -1.71. The molecule has 0 bridgehead atoms. The van der Waals surface area contributed by atoms with Crippen LogP contribution >= 0.6 is 22.7 Å². The highest BCUT2D eigenvalue weighted by molar-refractivity contribution is 7.28. The maximum Gasteiger partial charge on any atom is 0.0793 e. The molecule has 0 aliphatic rings. The minimum absolute atomic E-state index is 1.05. The molecule has 0 unspecified atom stereocenters. The van der Waals surface area contributed by atoms with Crippen molar-refractivity contribution < 1.29 is 0 Å². The van der Waals surface area contributed by atoms with Crippen LogP contribution in [0.1, 0.15) is 20.9 Å². The number of rotatable bonds is 0. The van der Waals surface area contributed by atoms with E-state index in [1.807, 2.05) is 60.7 Å². The number of thiophene rings is 2. The standard InChI is InChI=1S/C22H12S2/c1-3-7-17(8-4-1)11-13-19-15-21-22(23-19)16-20(24-21)14-12-18-9-5-2-6-10-18/h1-10,15-16H. The van der Waals surface area contributed by atoms with E-state index in [2.05, 4.69) is 35.8 Å². The molecule has 24 heavy (non-hydrogen) atoms. The summed E-state index contributed by atoms with van der Waals surface area (Å²) in [6, 6.07) is 24.5. The Morgan fingerprint density at radius 1 is 0.500 bits per heavy atom. The third-order valence-corrected chi connectivity index (χ3v) is 5.54. The molecule has 0 aliphatic heterocycles. The number of fused-ring (bicyclic) bond motifs is 1. The Bertz CT molecular complexity index is 974. The van der Waals surface area contributed by atoms with Crippen LogP contribution in [0.2, 0.25) is 0 Å². The van der Waals surface area contributed by atoms with E-state index in [1.54, 1.807) is 22.7 Å². The summed E-state index contributed by atoms with van der Waals surface area (Å²) in [4.78, 5) is 2.20. The second-order valence-corrected chi connectivity index (χ2v) is 7.35. The normalized spacial score (nSPS) is 9.83. The summed E-state index contributed by atoms with van der Waals surface area (Å²) in [5.74, 6) is 12.9. The van der Waals surface area contributed by atoms with E-state index < -0.39 is 0 Å². The molecular formula is C22H12S2. The summed E-state index contributed by atoms with van der Waals surface area (Å²) < 4.78 is 2.52. The molecule has 0 fully saturated rings. The summed E-state index contributed by atoms with van der Waals surface area (Å²) in [7, 11) is 0. The van der Waals surface area contributed by atoms with Crippen LogP contribution in [0.4, 0.5) is 0 Å². The van der Waals surface area contributed by atoms with Crippen LogP contribution in [0.3, 0.4) is 0 Å². The molecule has 112 valence electrons. The predicted molar refractivity (Wildman–Crippen MR) is 105 cm³/mol. The zero-order valence-corrected chi connectivity index (χ0v) is 14.4. The summed E-state index contributed by atoms with van der Waals surface area (Å²) in [5, 5.41) is 0. The lowest BCUT2D eigenvalue weighted by Gasteiger charge is -1.86. The first-order valence-corrected chi connectivity index (χ1v) is 9.18. The fourth-order valence-corrected chi connectivity index (χ4v) is 4.37. The van der Waals surface area contributed by atoms with E-state index >= 15 is 0 Å². The molecule has 2 aromatic carbocycles. The third kappa shape index (κ3) is 3.42. The van der Waals surface area contributed by atoms with E-state index in [9.17, 15) is 0 Å². The average Bonchev–Trinajstić information content (AvgIpc) is 3.18. The molecule has 4 rings (SSSR count). The maximum absolute atomic E-state index is 3.25. The first-order chi connectivity index (χ1) is 11.9. The van der Waals surface area contributed by atoms with Gasteiger partial charge < -0.3 is 0 Å². The molecule has 2 aromatic heterocycles. The van der Waals surface area contributed by atoms with Crippen molar-refractivity contribution in [3.63, 3.8) is 0 Å². The van der Waals surface area contributed by atoms with Gasteiger partial charge in [0.15, 0.2) is 0 Å². The molecule has 4 aromatic rings. The van der Waals surface area contributed by atoms with E-state index in [0.29, 0.717) is 0 Å². The van der Waals surface area contributed by atoms with Gasteiger partial charge in [0.25, 0.3) is 0 Å². The van der Waals surface area contributed by atoms with Crippen molar-refractivity contribution in [3.05, 3.63) is 93.7 Å². The minimum atomic E-state index is 1.05. The number of hydrogen-bond acceptors (Lipinski definition) is 2. The van der Waals surface area contributed by atoms with Gasteiger partial charge in [-0.25, -0.2) is 0 Å². The topological polar surface area (TPSA) is 0 Å². The Kier molecular flexibility index (Phi) is 4.17. The fraction of sp³-hybridized carbons (Fsp3) is 0. The first-order valence-electron chi connectivity index (χ1n) is 7.54. The van der Waals surface area contributed by atoms with Gasteiger partial charge >= 0.3 is 0 Å². The fourth-order valence-electron chi connectivity index (χ4n) is 2.27. The molecule has 2 heterocycles. The molecule has 0 saturated carbocycles. The van der Waals surface area contributed by atoms with Crippen molar-refractivity contribution in [2.45, 2.75) is 0 Å². The molecule has 0 radical (unpaired) electrons. The molecule has 2 heteroatoms. The predicted octanol–water partition coefficient (Wildman–Crippen LogP) is 5.76. The van der Waals surface area contributed by atoms with Crippen LogP contribution in [0.25, 0.3) is 9.40 Å². The van der Waals surface area contributed by atoms with Crippen molar-refractivity contribution in [2.24, 2.45) is 0 Å². The quantitative estimate of drug-likeness (QED) is 0.357. The molecule has 0 nitrogen and oxygen atoms in total. The smallest absolute Gasteiger partial charge is 0.0793 e. The summed E-state index contributed by atoms with van der Waals surface area (Å²) in [6.07, 6.45) is 0. The Balaban J connectivity index is 1.58. The van der Waals surface area contributed by atoms with Crippen molar-refractivity contribution >= 4 is 32.1 Å². The molecular weight excluding hydrogens is 328 g/mol. The Morgan fingerprint density at radius 3 is 1.33 bits per heavy atom. The molecule has 0 amide bonds. The highest BCUT2D eigenvalue weighted by atomic mass is 32.1. The van der Waals surface area contributed by atoms with E-state index in [0.717, 1.165) is 20.9 Å². The van der Waals surface area contributed by atoms with Crippen molar-refractivity contribution in [1.82, 2.24) is 0 Å². The first kappa shape index (κ1) is 14.8. The van der Waals surface area contributed by atoms with E-state index in [4.69, 9.17) is 0 Å². The van der Waals surface area contributed by atoms with Crippen LogP contribution < -0.4 is 0 Å². The van der Waals surface area contributed by atoms with Gasteiger partial charge in [-0.2, -0.15) is 0 Å². The van der Waals surface area contributed by atoms with E-state index in [1.165, 1.54) is 9.40 Å². The maximum atomic E-state index is 3.25. The van der Waals surface area contributed by atoms with Crippen LogP contribution in [0.15, 0.2) is 72.8 Å². The monoisotopic (exact) mass is 340 g/mol. The van der Waals surface area contributed by atoms with Gasteiger partial charge in [-0.15, -0.1) is 22.7 Å². The number of hydrogen-bond donors (Lipinski definition) is 0. The van der Waals surface area contributed by atoms with Gasteiger partial charge in [-0.05, 0) is 36.4 Å². The van der Waals surface area contributed by atoms with Crippen molar-refractivity contribution in [3.8, 4) is 23.7 Å². The molecule has 0 saturated heterocycles. The largest absolute Gasteiger partial charge is 0.126 e. The van der Waals surface area contributed by atoms with Gasteiger partial charge in [0, 0.05) is 20.5 Å².